The van der Waals surface area contributed by atoms with Gasteiger partial charge in [-0.2, -0.15) is 10.2 Å². The molecule has 164 valence electrons. The molecule has 4 aromatic rings. The Morgan fingerprint density at radius 1 is 1.31 bits per heavy atom. The van der Waals surface area contributed by atoms with E-state index >= 15 is 0 Å². The van der Waals surface area contributed by atoms with E-state index in [0.717, 1.165) is 40.7 Å². The molecule has 0 unspecified atom stereocenters. The first-order valence-electron chi connectivity index (χ1n) is 10.4. The molecule has 2 heterocycles. The number of hydrogen-bond donors (Lipinski definition) is 2. The maximum absolute atomic E-state index is 12.6. The third-order valence-corrected chi connectivity index (χ3v) is 6.41. The molecule has 8 nitrogen and oxygen atoms in total. The number of aryl methyl sites for hydroxylation is 1. The van der Waals surface area contributed by atoms with E-state index in [1.165, 1.54) is 0 Å². The average molecular weight is 451 g/mol. The zero-order valence-corrected chi connectivity index (χ0v) is 18.8. The molecule has 1 aliphatic rings. The molecule has 0 atom stereocenters. The Kier molecular flexibility index (Phi) is 4.89. The summed E-state index contributed by atoms with van der Waals surface area (Å²) < 4.78 is 7.24. The number of hydrogen-bond acceptors (Lipinski definition) is 5. The van der Waals surface area contributed by atoms with E-state index in [9.17, 15) is 4.79 Å². The molecule has 1 amide bonds. The average Bonchev–Trinajstić information content (AvgIpc) is 3.15. The van der Waals surface area contributed by atoms with Gasteiger partial charge in [-0.25, -0.2) is 4.98 Å². The highest BCUT2D eigenvalue weighted by atomic mass is 35.5. The number of ether oxygens (including phenoxy) is 1. The summed E-state index contributed by atoms with van der Waals surface area (Å²) in [6.45, 7) is 2.04. The van der Waals surface area contributed by atoms with Gasteiger partial charge >= 0.3 is 0 Å². The normalized spacial score (nSPS) is 14.5. The summed E-state index contributed by atoms with van der Waals surface area (Å²) >= 11 is 6.57. The Bertz CT molecular complexity index is 1340. The van der Waals surface area contributed by atoms with E-state index in [2.05, 4.69) is 20.6 Å². The van der Waals surface area contributed by atoms with Gasteiger partial charge in [-0.3, -0.25) is 14.6 Å². The van der Waals surface area contributed by atoms with Gasteiger partial charge in [0, 0.05) is 30.0 Å². The highest BCUT2D eigenvalue weighted by Gasteiger charge is 2.39. The summed E-state index contributed by atoms with van der Waals surface area (Å²) in [6, 6.07) is 9.32. The number of nitrogens with one attached hydrogen (secondary N) is 2. The summed E-state index contributed by atoms with van der Waals surface area (Å²) in [5.41, 5.74) is 3.01. The minimum atomic E-state index is -0.132. The Hall–Kier alpha value is -3.39. The molecule has 1 saturated carbocycles. The van der Waals surface area contributed by atoms with Crippen molar-refractivity contribution in [1.29, 1.82) is 0 Å². The second-order valence-corrected chi connectivity index (χ2v) is 8.83. The molecule has 9 heteroatoms. The van der Waals surface area contributed by atoms with E-state index in [1.54, 1.807) is 30.1 Å². The van der Waals surface area contributed by atoms with E-state index in [1.807, 2.05) is 32.2 Å². The number of amides is 1. The fourth-order valence-electron chi connectivity index (χ4n) is 3.70. The number of fused-ring (bicyclic) bond motifs is 1. The van der Waals surface area contributed by atoms with Crippen molar-refractivity contribution in [2.75, 3.05) is 7.11 Å². The van der Waals surface area contributed by atoms with Crippen LogP contribution < -0.4 is 10.1 Å². The summed E-state index contributed by atoms with van der Waals surface area (Å²) in [5.74, 6) is 1.69. The Balaban J connectivity index is 1.42. The second kappa shape index (κ2) is 7.63. The molecule has 0 bridgehead atoms. The molecule has 2 N–H and O–H groups in total. The molecule has 2 aromatic carbocycles. The van der Waals surface area contributed by atoms with Crippen LogP contribution >= 0.6 is 11.6 Å². The zero-order chi connectivity index (χ0) is 22.5. The number of aromatic amines is 1. The topological polar surface area (TPSA) is 97.7 Å². The molecule has 1 fully saturated rings. The summed E-state index contributed by atoms with van der Waals surface area (Å²) in [4.78, 5) is 17.4. The van der Waals surface area contributed by atoms with Gasteiger partial charge in [-0.1, -0.05) is 23.7 Å². The third kappa shape index (κ3) is 3.71. The number of halogens is 1. The first-order valence-corrected chi connectivity index (χ1v) is 10.8. The summed E-state index contributed by atoms with van der Waals surface area (Å²) in [6.07, 6.45) is 4.24. The quantitative estimate of drug-likeness (QED) is 0.464. The fourth-order valence-corrected chi connectivity index (χ4v) is 3.98. The van der Waals surface area contributed by atoms with Crippen molar-refractivity contribution < 1.29 is 9.53 Å². The predicted molar refractivity (Wildman–Crippen MR) is 122 cm³/mol. The molecular weight excluding hydrogens is 428 g/mol. The number of benzene rings is 2. The summed E-state index contributed by atoms with van der Waals surface area (Å²) in [7, 11) is 3.41. The fraction of sp³-hybridized carbons (Fsp3) is 0.304. The van der Waals surface area contributed by atoms with Gasteiger partial charge in [0.1, 0.15) is 11.6 Å². The Morgan fingerprint density at radius 3 is 2.88 bits per heavy atom. The van der Waals surface area contributed by atoms with E-state index in [0.29, 0.717) is 28.6 Å². The predicted octanol–water partition coefficient (Wildman–Crippen LogP) is 3.89. The molecule has 0 aliphatic heterocycles. The number of methoxy groups -OCH3 is 1. The minimum absolute atomic E-state index is 0.0983. The number of nitrogens with zero attached hydrogens (tertiary/aromatic N) is 4. The van der Waals surface area contributed by atoms with Gasteiger partial charge in [-0.15, -0.1) is 0 Å². The number of rotatable bonds is 6. The maximum Gasteiger partial charge on any atom is 0.255 e. The summed E-state index contributed by atoms with van der Waals surface area (Å²) in [5, 5.41) is 16.1. The van der Waals surface area contributed by atoms with E-state index in [4.69, 9.17) is 21.3 Å². The molecule has 0 radical (unpaired) electrons. The lowest BCUT2D eigenvalue weighted by Crippen LogP contribution is -2.34. The van der Waals surface area contributed by atoms with Crippen LogP contribution in [-0.4, -0.2) is 43.5 Å². The zero-order valence-electron chi connectivity index (χ0n) is 18.1. The largest absolute Gasteiger partial charge is 0.496 e. The van der Waals surface area contributed by atoms with Crippen molar-refractivity contribution >= 4 is 28.4 Å². The van der Waals surface area contributed by atoms with Crippen LogP contribution in [0.4, 0.5) is 0 Å². The van der Waals surface area contributed by atoms with Gasteiger partial charge in [0.2, 0.25) is 0 Å². The minimum Gasteiger partial charge on any atom is -0.496 e. The van der Waals surface area contributed by atoms with Gasteiger partial charge in [0.15, 0.2) is 5.82 Å². The van der Waals surface area contributed by atoms with Crippen LogP contribution in [0.25, 0.3) is 22.3 Å². The van der Waals surface area contributed by atoms with Crippen LogP contribution in [-0.2, 0) is 13.5 Å². The Morgan fingerprint density at radius 2 is 2.12 bits per heavy atom. The van der Waals surface area contributed by atoms with E-state index < -0.39 is 0 Å². The van der Waals surface area contributed by atoms with Crippen LogP contribution in [0.3, 0.4) is 0 Å². The van der Waals surface area contributed by atoms with Crippen molar-refractivity contribution in [2.24, 2.45) is 7.05 Å². The van der Waals surface area contributed by atoms with Crippen LogP contribution in [0.1, 0.15) is 41.5 Å². The second-order valence-electron chi connectivity index (χ2n) is 8.45. The molecule has 0 spiro atoms. The lowest BCUT2D eigenvalue weighted by molar-refractivity contribution is 0.0932. The first kappa shape index (κ1) is 20.5. The molecule has 5 rings (SSSR count). The third-order valence-electron chi connectivity index (χ3n) is 5.96. The number of H-pyrrole nitrogens is 1. The lowest BCUT2D eigenvalue weighted by Gasteiger charge is -2.14. The SMILES string of the molecule is COc1cc(-c2nc(Cc3ccc4[nH]ncc4c3Cl)n(C)n2)ccc1C(=O)NC1(C)CC1. The van der Waals surface area contributed by atoms with Crippen LogP contribution in [0.2, 0.25) is 5.02 Å². The molecule has 2 aromatic heterocycles. The number of carbonyl (C=O) groups excluding carboxylic acids is 1. The molecule has 1 aliphatic carbocycles. The van der Waals surface area contributed by atoms with Crippen LogP contribution in [0, 0.1) is 0 Å². The molecule has 32 heavy (non-hydrogen) atoms. The highest BCUT2D eigenvalue weighted by molar-refractivity contribution is 6.36. The van der Waals surface area contributed by atoms with E-state index in [-0.39, 0.29) is 11.4 Å². The smallest absolute Gasteiger partial charge is 0.255 e. The van der Waals surface area contributed by atoms with Gasteiger partial charge in [-0.05, 0) is 43.5 Å². The van der Waals surface area contributed by atoms with Gasteiger partial charge < -0.3 is 10.1 Å². The van der Waals surface area contributed by atoms with Crippen LogP contribution in [0.15, 0.2) is 36.5 Å². The Labute approximate surface area is 189 Å². The van der Waals surface area contributed by atoms with Crippen molar-refractivity contribution in [3.63, 3.8) is 0 Å². The van der Waals surface area contributed by atoms with Crippen molar-refractivity contribution in [2.45, 2.75) is 31.7 Å². The number of aromatic nitrogens is 5. The van der Waals surface area contributed by atoms with Crippen LogP contribution in [0.5, 0.6) is 5.75 Å². The molecular formula is C23H23ClN6O2. The highest BCUT2D eigenvalue weighted by Crippen LogP contribution is 2.35. The molecule has 0 saturated heterocycles. The van der Waals surface area contributed by atoms with Gasteiger partial charge in [0.25, 0.3) is 5.91 Å². The number of carbonyl (C=O) groups is 1. The standard InChI is InChI=1S/C23H23ClN6O2/c1-23(8-9-23)27-22(31)15-6-4-14(10-18(15)32-3)21-26-19(30(2)29-21)11-13-5-7-17-16(20(13)24)12-25-28-17/h4-7,10,12H,8-9,11H2,1-3H3,(H,25,28)(H,27,31). The monoisotopic (exact) mass is 450 g/mol. The van der Waals surface area contributed by atoms with Crippen molar-refractivity contribution in [3.8, 4) is 17.1 Å². The van der Waals surface area contributed by atoms with Crippen molar-refractivity contribution in [1.82, 2.24) is 30.3 Å². The maximum atomic E-state index is 12.6. The van der Waals surface area contributed by atoms with Gasteiger partial charge in [0.05, 0.1) is 29.4 Å². The lowest BCUT2D eigenvalue weighted by atomic mass is 10.1. The van der Waals surface area contributed by atoms with Crippen molar-refractivity contribution in [3.05, 3.63) is 58.5 Å². The first-order chi connectivity index (χ1) is 15.4.